The average molecular weight is 299 g/mol. The number of benzene rings is 1. The molecule has 0 N–H and O–H groups in total. The van der Waals surface area contributed by atoms with Crippen molar-refractivity contribution in [2.24, 2.45) is 11.3 Å². The fourth-order valence-electron chi connectivity index (χ4n) is 3.67. The second-order valence-corrected chi connectivity index (χ2v) is 6.46. The smallest absolute Gasteiger partial charge is 0.257 e. The molecular formula is C17H18FN3O. The Morgan fingerprint density at radius 3 is 3.09 bits per heavy atom. The van der Waals surface area contributed by atoms with E-state index >= 15 is 0 Å². The van der Waals surface area contributed by atoms with Gasteiger partial charge in [0, 0.05) is 19.3 Å². The maximum absolute atomic E-state index is 13.3. The van der Waals surface area contributed by atoms with E-state index in [0.29, 0.717) is 22.6 Å². The van der Waals surface area contributed by atoms with E-state index < -0.39 is 0 Å². The maximum Gasteiger partial charge on any atom is 0.257 e. The molecule has 4 nitrogen and oxygen atoms in total. The molecule has 2 heterocycles. The molecule has 114 valence electrons. The van der Waals surface area contributed by atoms with Crippen LogP contribution >= 0.6 is 0 Å². The third-order valence-electron chi connectivity index (χ3n) is 5.20. The maximum atomic E-state index is 13.3. The number of likely N-dealkylation sites (tertiary alicyclic amines) is 1. The second-order valence-electron chi connectivity index (χ2n) is 6.46. The summed E-state index contributed by atoms with van der Waals surface area (Å²) >= 11 is 0. The Balaban J connectivity index is 1.53. The molecule has 1 amide bonds. The number of amides is 1. The first-order valence-corrected chi connectivity index (χ1v) is 7.71. The fraction of sp³-hybridized carbons (Fsp3) is 0.412. The Kier molecular flexibility index (Phi) is 2.86. The summed E-state index contributed by atoms with van der Waals surface area (Å²) in [4.78, 5) is 14.5. The summed E-state index contributed by atoms with van der Waals surface area (Å²) in [7, 11) is 0. The first kappa shape index (κ1) is 13.5. The molecule has 1 aliphatic heterocycles. The summed E-state index contributed by atoms with van der Waals surface area (Å²) in [5.41, 5.74) is 1.57. The summed E-state index contributed by atoms with van der Waals surface area (Å²) in [5.74, 6) is 0.396. The number of hydrogen-bond acceptors (Lipinski definition) is 2. The van der Waals surface area contributed by atoms with Gasteiger partial charge in [0.25, 0.3) is 5.91 Å². The third kappa shape index (κ3) is 2.03. The van der Waals surface area contributed by atoms with E-state index in [0.717, 1.165) is 19.5 Å². The zero-order valence-corrected chi connectivity index (χ0v) is 12.5. The molecule has 1 saturated heterocycles. The third-order valence-corrected chi connectivity index (χ3v) is 5.20. The molecule has 1 aromatic carbocycles. The zero-order valence-electron chi connectivity index (χ0n) is 12.5. The number of carbonyl (C=O) groups excluding carboxylic acids is 1. The molecule has 1 aromatic heterocycles. The minimum Gasteiger partial charge on any atom is -0.338 e. The predicted molar refractivity (Wildman–Crippen MR) is 80.3 cm³/mol. The number of carbonyl (C=O) groups is 1. The van der Waals surface area contributed by atoms with Gasteiger partial charge < -0.3 is 4.90 Å². The highest BCUT2D eigenvalue weighted by atomic mass is 19.1. The predicted octanol–water partition coefficient (Wildman–Crippen LogP) is 2.88. The molecule has 5 heteroatoms. The van der Waals surface area contributed by atoms with Gasteiger partial charge in [-0.2, -0.15) is 5.10 Å². The molecule has 2 aromatic rings. The lowest BCUT2D eigenvalue weighted by molar-refractivity contribution is 0.0764. The molecule has 2 fully saturated rings. The number of hydrogen-bond donors (Lipinski definition) is 0. The van der Waals surface area contributed by atoms with Crippen LogP contribution in [0, 0.1) is 17.2 Å². The normalized spacial score (nSPS) is 26.1. The van der Waals surface area contributed by atoms with Gasteiger partial charge in [-0.25, -0.2) is 9.07 Å². The molecule has 0 bridgehead atoms. The van der Waals surface area contributed by atoms with E-state index in [2.05, 4.69) is 12.0 Å². The van der Waals surface area contributed by atoms with Crippen LogP contribution < -0.4 is 0 Å². The minimum atomic E-state index is -0.314. The van der Waals surface area contributed by atoms with Crippen molar-refractivity contribution in [3.63, 3.8) is 0 Å². The lowest BCUT2D eigenvalue weighted by Gasteiger charge is -2.19. The van der Waals surface area contributed by atoms with Crippen LogP contribution in [-0.4, -0.2) is 33.7 Å². The van der Waals surface area contributed by atoms with Gasteiger partial charge in [0.15, 0.2) is 0 Å². The summed E-state index contributed by atoms with van der Waals surface area (Å²) in [6, 6.07) is 6.19. The minimum absolute atomic E-state index is 0.0303. The van der Waals surface area contributed by atoms with Crippen LogP contribution in [0.4, 0.5) is 4.39 Å². The van der Waals surface area contributed by atoms with Crippen molar-refractivity contribution in [1.82, 2.24) is 14.7 Å². The van der Waals surface area contributed by atoms with Gasteiger partial charge in [0.1, 0.15) is 5.82 Å². The van der Waals surface area contributed by atoms with Crippen LogP contribution in [0.3, 0.4) is 0 Å². The second kappa shape index (κ2) is 4.66. The molecule has 2 aliphatic rings. The van der Waals surface area contributed by atoms with Crippen molar-refractivity contribution in [3.8, 4) is 5.69 Å². The lowest BCUT2D eigenvalue weighted by Crippen LogP contribution is -2.31. The highest BCUT2D eigenvalue weighted by Gasteiger charge is 2.59. The molecule has 0 spiro atoms. The van der Waals surface area contributed by atoms with Crippen LogP contribution in [-0.2, 0) is 0 Å². The highest BCUT2D eigenvalue weighted by Crippen LogP contribution is 2.59. The van der Waals surface area contributed by atoms with E-state index in [1.165, 1.54) is 18.6 Å². The molecule has 0 unspecified atom stereocenters. The topological polar surface area (TPSA) is 38.1 Å². The molecule has 22 heavy (non-hydrogen) atoms. The van der Waals surface area contributed by atoms with Crippen LogP contribution in [0.25, 0.3) is 5.69 Å². The molecule has 1 aliphatic carbocycles. The molecule has 0 radical (unpaired) electrons. The molecule has 2 atom stereocenters. The van der Waals surface area contributed by atoms with E-state index in [-0.39, 0.29) is 11.7 Å². The van der Waals surface area contributed by atoms with Gasteiger partial charge in [-0.1, -0.05) is 13.0 Å². The van der Waals surface area contributed by atoms with Crippen molar-refractivity contribution in [1.29, 1.82) is 0 Å². The largest absolute Gasteiger partial charge is 0.338 e. The van der Waals surface area contributed by atoms with Crippen molar-refractivity contribution < 1.29 is 9.18 Å². The Morgan fingerprint density at radius 2 is 2.36 bits per heavy atom. The molecule has 4 rings (SSSR count). The summed E-state index contributed by atoms with van der Waals surface area (Å²) < 4.78 is 14.8. The Hall–Kier alpha value is -2.17. The Bertz CT molecular complexity index is 737. The van der Waals surface area contributed by atoms with E-state index in [1.807, 2.05) is 4.90 Å². The van der Waals surface area contributed by atoms with Gasteiger partial charge >= 0.3 is 0 Å². The van der Waals surface area contributed by atoms with Gasteiger partial charge in [-0.05, 0) is 42.4 Å². The highest BCUT2D eigenvalue weighted by molar-refractivity contribution is 5.94. The summed E-state index contributed by atoms with van der Waals surface area (Å²) in [6.07, 6.45) is 5.65. The number of piperidine rings is 1. The molecular weight excluding hydrogens is 281 g/mol. The standard InChI is InChI=1S/C17H18FN3O/c1-2-17-7-13(17)10-20(11-17)16(22)12-8-19-21(9-12)15-5-3-4-14(18)6-15/h3-6,8-9,13H,2,7,10-11H2,1H3/t13-,17+/m0/s1. The van der Waals surface area contributed by atoms with Crippen LogP contribution in [0.2, 0.25) is 0 Å². The van der Waals surface area contributed by atoms with Crippen LogP contribution in [0.1, 0.15) is 30.1 Å². The van der Waals surface area contributed by atoms with E-state index in [9.17, 15) is 9.18 Å². The van der Waals surface area contributed by atoms with Crippen molar-refractivity contribution >= 4 is 5.91 Å². The summed E-state index contributed by atoms with van der Waals surface area (Å²) in [6.45, 7) is 3.92. The van der Waals surface area contributed by atoms with Gasteiger partial charge in [-0.15, -0.1) is 0 Å². The monoisotopic (exact) mass is 299 g/mol. The summed E-state index contributed by atoms with van der Waals surface area (Å²) in [5, 5.41) is 4.19. The zero-order chi connectivity index (χ0) is 15.3. The fourth-order valence-corrected chi connectivity index (χ4v) is 3.67. The van der Waals surface area contributed by atoms with E-state index in [1.54, 1.807) is 29.2 Å². The average Bonchev–Trinajstić information content (AvgIpc) is 2.92. The Labute approximate surface area is 128 Å². The number of aromatic nitrogens is 2. The number of halogens is 1. The SMILES string of the molecule is CC[C@]12C[C@H]1CN(C(=O)c1cnn(-c3cccc(F)c3)c1)C2. The quantitative estimate of drug-likeness (QED) is 0.874. The Morgan fingerprint density at radius 1 is 1.50 bits per heavy atom. The van der Waals surface area contributed by atoms with Crippen LogP contribution in [0.5, 0.6) is 0 Å². The first-order chi connectivity index (χ1) is 10.6. The van der Waals surface area contributed by atoms with Crippen molar-refractivity contribution in [3.05, 3.63) is 48.0 Å². The van der Waals surface area contributed by atoms with Gasteiger partial charge in [0.05, 0.1) is 17.4 Å². The van der Waals surface area contributed by atoms with Gasteiger partial charge in [-0.3, -0.25) is 4.79 Å². The van der Waals surface area contributed by atoms with Gasteiger partial charge in [0.2, 0.25) is 0 Å². The van der Waals surface area contributed by atoms with Crippen LogP contribution in [0.15, 0.2) is 36.7 Å². The van der Waals surface area contributed by atoms with Crippen molar-refractivity contribution in [2.45, 2.75) is 19.8 Å². The van der Waals surface area contributed by atoms with E-state index in [4.69, 9.17) is 0 Å². The molecule has 1 saturated carbocycles. The first-order valence-electron chi connectivity index (χ1n) is 7.71. The lowest BCUT2D eigenvalue weighted by atomic mass is 10.0. The van der Waals surface area contributed by atoms with Crippen molar-refractivity contribution in [2.75, 3.05) is 13.1 Å². The number of nitrogens with zero attached hydrogens (tertiary/aromatic N) is 3. The number of fused-ring (bicyclic) bond motifs is 1. The number of rotatable bonds is 3.